The number of anilines is 2. The van der Waals surface area contributed by atoms with Crippen molar-refractivity contribution in [3.8, 4) is 11.5 Å². The first-order chi connectivity index (χ1) is 22.3. The molecule has 6 rings (SSSR count). The third kappa shape index (κ3) is 6.97. The molecule has 0 saturated carbocycles. The lowest BCUT2D eigenvalue weighted by Crippen LogP contribution is -2.48. The molecule has 0 spiro atoms. The van der Waals surface area contributed by atoms with E-state index in [-0.39, 0.29) is 11.6 Å². The minimum atomic E-state index is -0.405. The predicted molar refractivity (Wildman–Crippen MR) is 179 cm³/mol. The summed E-state index contributed by atoms with van der Waals surface area (Å²) in [6.07, 6.45) is 0.848. The first-order valence-corrected chi connectivity index (χ1v) is 16.2. The van der Waals surface area contributed by atoms with Gasteiger partial charge in [0.25, 0.3) is 11.6 Å². The van der Waals surface area contributed by atoms with Gasteiger partial charge in [-0.1, -0.05) is 35.5 Å². The van der Waals surface area contributed by atoms with E-state index in [9.17, 15) is 14.9 Å². The van der Waals surface area contributed by atoms with Gasteiger partial charge in [0, 0.05) is 74.5 Å². The lowest BCUT2D eigenvalue weighted by atomic mass is 9.99. The van der Waals surface area contributed by atoms with Gasteiger partial charge in [-0.25, -0.2) is 9.97 Å². The Hall–Kier alpha value is -4.55. The number of thioether (sulfide) groups is 1. The zero-order valence-electron chi connectivity index (χ0n) is 25.5. The zero-order chi connectivity index (χ0) is 32.2. The normalized spacial score (nSPS) is 14.5. The minimum absolute atomic E-state index is 0.00969. The third-order valence-corrected chi connectivity index (χ3v) is 9.38. The summed E-state index contributed by atoms with van der Waals surface area (Å²) in [6, 6.07) is 20.0. The molecular weight excluding hydrogens is 628 g/mol. The summed E-state index contributed by atoms with van der Waals surface area (Å²) < 4.78 is 11.0. The number of nitro benzene ring substituents is 1. The number of benzene rings is 3. The number of halogens is 1. The highest BCUT2D eigenvalue weighted by molar-refractivity contribution is 7.98. The molecule has 46 heavy (non-hydrogen) atoms. The van der Waals surface area contributed by atoms with Gasteiger partial charge in [0.15, 0.2) is 16.7 Å². The van der Waals surface area contributed by atoms with Crippen LogP contribution in [0.25, 0.3) is 0 Å². The number of carbonyl (C=O) groups excluding carboxylic acids is 1. The Labute approximate surface area is 276 Å². The zero-order valence-corrected chi connectivity index (χ0v) is 27.1. The fourth-order valence-corrected chi connectivity index (χ4v) is 6.75. The summed E-state index contributed by atoms with van der Waals surface area (Å²) in [6.45, 7) is 3.94. The van der Waals surface area contributed by atoms with E-state index in [1.807, 2.05) is 41.3 Å². The predicted octanol–water partition coefficient (Wildman–Crippen LogP) is 5.87. The first kappa shape index (κ1) is 31.4. The van der Waals surface area contributed by atoms with Crippen LogP contribution < -0.4 is 19.3 Å². The molecule has 0 bridgehead atoms. The van der Waals surface area contributed by atoms with Crippen molar-refractivity contribution in [2.45, 2.75) is 23.9 Å². The molecule has 2 aliphatic rings. The summed E-state index contributed by atoms with van der Waals surface area (Å²) in [5, 5.41) is 11.9. The number of rotatable bonds is 9. The van der Waals surface area contributed by atoms with Crippen molar-refractivity contribution in [2.24, 2.45) is 0 Å². The smallest absolute Gasteiger partial charge is 0.269 e. The van der Waals surface area contributed by atoms with Crippen LogP contribution in [-0.4, -0.2) is 72.6 Å². The van der Waals surface area contributed by atoms with Crippen LogP contribution in [0.1, 0.15) is 27.0 Å². The number of hydrogen-bond donors (Lipinski definition) is 0. The lowest BCUT2D eigenvalue weighted by Gasteiger charge is -2.36. The Morgan fingerprint density at radius 2 is 1.57 bits per heavy atom. The van der Waals surface area contributed by atoms with Gasteiger partial charge in [-0.05, 0) is 59.5 Å². The highest BCUT2D eigenvalue weighted by Crippen LogP contribution is 2.35. The topological polar surface area (TPSA) is 114 Å². The molecular formula is C33H33ClN6O5S. The molecule has 1 fully saturated rings. The van der Waals surface area contributed by atoms with E-state index in [1.165, 1.54) is 29.5 Å². The van der Waals surface area contributed by atoms with Gasteiger partial charge in [0.2, 0.25) is 0 Å². The van der Waals surface area contributed by atoms with Crippen LogP contribution in [0.4, 0.5) is 17.2 Å². The van der Waals surface area contributed by atoms with E-state index >= 15 is 0 Å². The quantitative estimate of drug-likeness (QED) is 0.0710. The van der Waals surface area contributed by atoms with Gasteiger partial charge < -0.3 is 24.2 Å². The average molecular weight is 661 g/mol. The molecule has 1 aromatic heterocycles. The minimum Gasteiger partial charge on any atom is -0.493 e. The van der Waals surface area contributed by atoms with E-state index in [0.29, 0.717) is 60.1 Å². The van der Waals surface area contributed by atoms with Crippen molar-refractivity contribution in [1.29, 1.82) is 0 Å². The number of aromatic nitrogens is 2. The van der Waals surface area contributed by atoms with Crippen LogP contribution in [0.2, 0.25) is 5.15 Å². The van der Waals surface area contributed by atoms with Gasteiger partial charge >= 0.3 is 0 Å². The fourth-order valence-electron chi connectivity index (χ4n) is 5.72. The average Bonchev–Trinajstić information content (AvgIpc) is 3.09. The second-order valence-electron chi connectivity index (χ2n) is 11.0. The second-order valence-corrected chi connectivity index (χ2v) is 12.3. The van der Waals surface area contributed by atoms with E-state index in [1.54, 1.807) is 32.4 Å². The Morgan fingerprint density at radius 1 is 0.891 bits per heavy atom. The van der Waals surface area contributed by atoms with Crippen LogP contribution in [0.15, 0.2) is 71.9 Å². The van der Waals surface area contributed by atoms with Crippen molar-refractivity contribution < 1.29 is 19.2 Å². The highest BCUT2D eigenvalue weighted by atomic mass is 35.5. The number of non-ortho nitro benzene ring substituents is 1. The Balaban J connectivity index is 1.04. The van der Waals surface area contributed by atoms with E-state index in [0.717, 1.165) is 41.3 Å². The summed E-state index contributed by atoms with van der Waals surface area (Å²) in [7, 11) is 3.28. The standard InChI is InChI=1S/C33H33ClN6O5S/c1-44-28-17-24-11-12-39(20-25(24)18-29(28)45-2)31-19-30(34)35-33(36-31)46-21-22-3-5-23(6-4-22)32(41)38-15-13-37(14-16-38)26-7-9-27(10-8-26)40(42)43/h3-10,17-19H,11-16,20-21H2,1-2H3. The van der Waals surface area contributed by atoms with Gasteiger partial charge in [-0.15, -0.1) is 0 Å². The maximum atomic E-state index is 13.2. The number of fused-ring (bicyclic) bond motifs is 1. The highest BCUT2D eigenvalue weighted by Gasteiger charge is 2.24. The van der Waals surface area contributed by atoms with Crippen LogP contribution in [0.3, 0.4) is 0 Å². The molecule has 0 radical (unpaired) electrons. The number of amides is 1. The molecule has 2 aliphatic heterocycles. The molecule has 4 aromatic rings. The molecule has 0 atom stereocenters. The summed E-state index contributed by atoms with van der Waals surface area (Å²) in [5.74, 6) is 2.83. The monoisotopic (exact) mass is 660 g/mol. The van der Waals surface area contributed by atoms with Crippen molar-refractivity contribution >= 4 is 46.5 Å². The van der Waals surface area contributed by atoms with Crippen molar-refractivity contribution in [3.63, 3.8) is 0 Å². The molecule has 3 heterocycles. The number of carbonyl (C=O) groups is 1. The Kier molecular flexibility index (Phi) is 9.46. The number of nitrogens with zero attached hydrogens (tertiary/aromatic N) is 6. The van der Waals surface area contributed by atoms with Gasteiger partial charge in [-0.3, -0.25) is 14.9 Å². The number of hydrogen-bond acceptors (Lipinski definition) is 10. The van der Waals surface area contributed by atoms with E-state index < -0.39 is 4.92 Å². The summed E-state index contributed by atoms with van der Waals surface area (Å²) >= 11 is 7.93. The molecule has 11 nitrogen and oxygen atoms in total. The number of ether oxygens (including phenoxy) is 2. The van der Waals surface area contributed by atoms with Crippen molar-refractivity contribution in [3.05, 3.63) is 104 Å². The molecule has 0 N–H and O–H groups in total. The molecule has 238 valence electrons. The molecule has 1 saturated heterocycles. The van der Waals surface area contributed by atoms with Crippen LogP contribution in [-0.2, 0) is 18.7 Å². The summed E-state index contributed by atoms with van der Waals surface area (Å²) in [4.78, 5) is 39.2. The van der Waals surface area contributed by atoms with Crippen LogP contribution >= 0.6 is 23.4 Å². The second kappa shape index (κ2) is 13.8. The number of piperazine rings is 1. The fraction of sp³-hybridized carbons (Fsp3) is 0.303. The molecule has 3 aromatic carbocycles. The molecule has 1 amide bonds. The number of nitro groups is 1. The summed E-state index contributed by atoms with van der Waals surface area (Å²) in [5.41, 5.74) is 5.06. The van der Waals surface area contributed by atoms with E-state index in [4.69, 9.17) is 26.1 Å². The van der Waals surface area contributed by atoms with Gasteiger partial charge in [0.1, 0.15) is 11.0 Å². The maximum absolute atomic E-state index is 13.2. The Morgan fingerprint density at radius 3 is 2.22 bits per heavy atom. The number of methoxy groups -OCH3 is 2. The molecule has 0 aliphatic carbocycles. The molecule has 0 unspecified atom stereocenters. The first-order valence-electron chi connectivity index (χ1n) is 14.8. The SMILES string of the molecule is COc1cc2c(cc1OC)CN(c1cc(Cl)nc(SCc3ccc(C(=O)N4CCN(c5ccc([N+](=O)[O-])cc5)CC4)cc3)n1)CC2. The maximum Gasteiger partial charge on any atom is 0.269 e. The molecule has 13 heteroatoms. The Bertz CT molecular complexity index is 1730. The van der Waals surface area contributed by atoms with Gasteiger partial charge in [-0.2, -0.15) is 0 Å². The van der Waals surface area contributed by atoms with Crippen LogP contribution in [0, 0.1) is 10.1 Å². The largest absolute Gasteiger partial charge is 0.493 e. The van der Waals surface area contributed by atoms with Crippen molar-refractivity contribution in [2.75, 3.05) is 56.7 Å². The van der Waals surface area contributed by atoms with E-state index in [2.05, 4.69) is 14.8 Å². The lowest BCUT2D eigenvalue weighted by molar-refractivity contribution is -0.384. The third-order valence-electron chi connectivity index (χ3n) is 8.26. The van der Waals surface area contributed by atoms with Gasteiger partial charge in [0.05, 0.1) is 19.1 Å². The van der Waals surface area contributed by atoms with Crippen molar-refractivity contribution in [1.82, 2.24) is 14.9 Å². The van der Waals surface area contributed by atoms with Crippen LogP contribution in [0.5, 0.6) is 11.5 Å².